The quantitative estimate of drug-likeness (QED) is 0.321. The Morgan fingerprint density at radius 1 is 0.966 bits per heavy atom. The lowest BCUT2D eigenvalue weighted by Crippen LogP contribution is -1.99. The van der Waals surface area contributed by atoms with E-state index in [1.165, 1.54) is 12.1 Å². The van der Waals surface area contributed by atoms with E-state index < -0.39 is 0 Å². The average Bonchev–Trinajstić information content (AvgIpc) is 2.73. The number of ether oxygens (including phenoxy) is 1. The molecule has 0 spiro atoms. The molecule has 2 nitrogen and oxygen atoms in total. The van der Waals surface area contributed by atoms with Crippen molar-refractivity contribution in [1.29, 1.82) is 0 Å². The van der Waals surface area contributed by atoms with Crippen molar-refractivity contribution in [1.82, 2.24) is 0 Å². The molecule has 4 aromatic rings. The minimum Gasteiger partial charge on any atom is -0.488 e. The lowest BCUT2D eigenvalue weighted by Gasteiger charge is -2.12. The maximum absolute atomic E-state index is 13.5. The number of halogens is 2. The summed E-state index contributed by atoms with van der Waals surface area (Å²) in [6.45, 7) is 2.26. The van der Waals surface area contributed by atoms with Crippen molar-refractivity contribution in [2.24, 2.45) is 4.99 Å². The van der Waals surface area contributed by atoms with Gasteiger partial charge >= 0.3 is 0 Å². The van der Waals surface area contributed by atoms with Gasteiger partial charge < -0.3 is 4.74 Å². The number of aliphatic imine (C=N–C) groups is 1. The first-order valence-corrected chi connectivity index (χ1v) is 9.67. The molecule has 0 aromatic heterocycles. The van der Waals surface area contributed by atoms with E-state index in [4.69, 9.17) is 16.3 Å². The number of benzene rings is 4. The van der Waals surface area contributed by atoms with Gasteiger partial charge in [0.2, 0.25) is 0 Å². The highest BCUT2D eigenvalue weighted by molar-refractivity contribution is 6.30. The summed E-state index contributed by atoms with van der Waals surface area (Å²) in [5.74, 6) is 0.416. The summed E-state index contributed by atoms with van der Waals surface area (Å²) in [5, 5.41) is 2.77. The summed E-state index contributed by atoms with van der Waals surface area (Å²) in [4.78, 5) is 4.67. The normalized spacial score (nSPS) is 11.3. The van der Waals surface area contributed by atoms with Gasteiger partial charge in [0, 0.05) is 16.8 Å². The third-order valence-corrected chi connectivity index (χ3v) is 4.95. The minimum absolute atomic E-state index is 0.271. The molecule has 0 aliphatic rings. The SMILES string of the molecule is Cc1ccc(Cl)cc1N=Cc1c(OCc2cccc(F)c2)ccc2ccccc12. The fourth-order valence-corrected chi connectivity index (χ4v) is 3.34. The Kier molecular flexibility index (Phi) is 5.59. The van der Waals surface area contributed by atoms with E-state index in [2.05, 4.69) is 4.99 Å². The van der Waals surface area contributed by atoms with Crippen molar-refractivity contribution in [2.75, 3.05) is 0 Å². The Morgan fingerprint density at radius 2 is 1.83 bits per heavy atom. The van der Waals surface area contributed by atoms with Gasteiger partial charge in [0.25, 0.3) is 0 Å². The summed E-state index contributed by atoms with van der Waals surface area (Å²) < 4.78 is 19.5. The Hall–Kier alpha value is -3.17. The van der Waals surface area contributed by atoms with Gasteiger partial charge in [-0.25, -0.2) is 4.39 Å². The second kappa shape index (κ2) is 8.46. The number of hydrogen-bond acceptors (Lipinski definition) is 2. The molecule has 0 saturated heterocycles. The summed E-state index contributed by atoms with van der Waals surface area (Å²) in [5.41, 5.74) is 3.49. The maximum atomic E-state index is 13.5. The number of rotatable bonds is 5. The molecule has 0 saturated carbocycles. The molecule has 0 N–H and O–H groups in total. The molecule has 0 atom stereocenters. The van der Waals surface area contributed by atoms with Crippen molar-refractivity contribution < 1.29 is 9.13 Å². The number of hydrogen-bond donors (Lipinski definition) is 0. The van der Waals surface area contributed by atoms with Crippen LogP contribution in [0, 0.1) is 12.7 Å². The largest absolute Gasteiger partial charge is 0.488 e. The van der Waals surface area contributed by atoms with Gasteiger partial charge in [0.15, 0.2) is 0 Å². The Morgan fingerprint density at radius 3 is 2.69 bits per heavy atom. The first kappa shape index (κ1) is 19.2. The molecular formula is C25H19ClFNO. The molecule has 0 unspecified atom stereocenters. The number of aryl methyl sites for hydroxylation is 1. The fraction of sp³-hybridized carbons (Fsp3) is 0.0800. The number of fused-ring (bicyclic) bond motifs is 1. The Balaban J connectivity index is 1.72. The standard InChI is InChI=1S/C25H19ClFNO/c1-17-9-11-20(26)14-24(17)28-15-23-22-8-3-2-6-19(22)10-12-25(23)29-16-18-5-4-7-21(27)13-18/h2-15H,16H2,1H3. The highest BCUT2D eigenvalue weighted by atomic mass is 35.5. The van der Waals surface area contributed by atoms with Crippen molar-refractivity contribution in [3.05, 3.63) is 106 Å². The highest BCUT2D eigenvalue weighted by Gasteiger charge is 2.08. The summed E-state index contributed by atoms with van der Waals surface area (Å²) >= 11 is 6.13. The van der Waals surface area contributed by atoms with Gasteiger partial charge in [0.1, 0.15) is 18.2 Å². The molecule has 29 heavy (non-hydrogen) atoms. The second-order valence-electron chi connectivity index (χ2n) is 6.81. The predicted molar refractivity (Wildman–Crippen MR) is 118 cm³/mol. The van der Waals surface area contributed by atoms with Crippen LogP contribution < -0.4 is 4.74 Å². The molecule has 0 amide bonds. The van der Waals surface area contributed by atoms with E-state index in [0.29, 0.717) is 10.8 Å². The van der Waals surface area contributed by atoms with Gasteiger partial charge in [-0.3, -0.25) is 4.99 Å². The first-order chi connectivity index (χ1) is 14.1. The summed E-state index contributed by atoms with van der Waals surface area (Å²) in [7, 11) is 0. The van der Waals surface area contributed by atoms with Crippen LogP contribution in [0.15, 0.2) is 83.9 Å². The molecule has 0 aliphatic carbocycles. The Bertz CT molecular complexity index is 1200. The van der Waals surface area contributed by atoms with Gasteiger partial charge in [-0.2, -0.15) is 0 Å². The van der Waals surface area contributed by atoms with Crippen LogP contribution in [0.5, 0.6) is 5.75 Å². The molecule has 0 heterocycles. The fourth-order valence-electron chi connectivity index (χ4n) is 3.18. The van der Waals surface area contributed by atoms with Crippen LogP contribution in [0.2, 0.25) is 5.02 Å². The summed E-state index contributed by atoms with van der Waals surface area (Å²) in [6.07, 6.45) is 1.81. The van der Waals surface area contributed by atoms with E-state index in [-0.39, 0.29) is 12.4 Å². The van der Waals surface area contributed by atoms with E-state index in [9.17, 15) is 4.39 Å². The van der Waals surface area contributed by atoms with Gasteiger partial charge in [-0.15, -0.1) is 0 Å². The van der Waals surface area contributed by atoms with Crippen LogP contribution in [-0.4, -0.2) is 6.21 Å². The van der Waals surface area contributed by atoms with Crippen LogP contribution in [-0.2, 0) is 6.61 Å². The molecule has 4 heteroatoms. The van der Waals surface area contributed by atoms with Gasteiger partial charge in [-0.1, -0.05) is 60.1 Å². The van der Waals surface area contributed by atoms with Crippen LogP contribution in [0.25, 0.3) is 10.8 Å². The molecule has 4 aromatic carbocycles. The monoisotopic (exact) mass is 403 g/mol. The summed E-state index contributed by atoms with van der Waals surface area (Å²) in [6, 6.07) is 24.1. The lowest BCUT2D eigenvalue weighted by atomic mass is 10.0. The molecule has 0 aliphatic heterocycles. The highest BCUT2D eigenvalue weighted by Crippen LogP contribution is 2.29. The lowest BCUT2D eigenvalue weighted by molar-refractivity contribution is 0.305. The smallest absolute Gasteiger partial charge is 0.129 e. The second-order valence-corrected chi connectivity index (χ2v) is 7.24. The molecule has 0 bridgehead atoms. The molecule has 0 radical (unpaired) electrons. The number of nitrogens with zero attached hydrogens (tertiary/aromatic N) is 1. The van der Waals surface area contributed by atoms with Crippen LogP contribution in [0.1, 0.15) is 16.7 Å². The van der Waals surface area contributed by atoms with Gasteiger partial charge in [-0.05, 0) is 59.2 Å². The van der Waals surface area contributed by atoms with Crippen molar-refractivity contribution in [3.63, 3.8) is 0 Å². The van der Waals surface area contributed by atoms with Crippen LogP contribution in [0.4, 0.5) is 10.1 Å². The minimum atomic E-state index is -0.275. The molecule has 144 valence electrons. The van der Waals surface area contributed by atoms with Crippen LogP contribution >= 0.6 is 11.6 Å². The van der Waals surface area contributed by atoms with E-state index in [0.717, 1.165) is 33.2 Å². The molecule has 4 rings (SSSR count). The van der Waals surface area contributed by atoms with E-state index >= 15 is 0 Å². The van der Waals surface area contributed by atoms with E-state index in [1.54, 1.807) is 6.07 Å². The third-order valence-electron chi connectivity index (χ3n) is 4.72. The predicted octanol–water partition coefficient (Wildman–Crippen LogP) is 7.27. The molecule has 0 fully saturated rings. The zero-order valence-electron chi connectivity index (χ0n) is 15.9. The van der Waals surface area contributed by atoms with Crippen molar-refractivity contribution in [2.45, 2.75) is 13.5 Å². The topological polar surface area (TPSA) is 21.6 Å². The van der Waals surface area contributed by atoms with E-state index in [1.807, 2.05) is 73.8 Å². The average molecular weight is 404 g/mol. The first-order valence-electron chi connectivity index (χ1n) is 9.29. The van der Waals surface area contributed by atoms with Gasteiger partial charge in [0.05, 0.1) is 5.69 Å². The molecular weight excluding hydrogens is 385 g/mol. The van der Waals surface area contributed by atoms with Crippen molar-refractivity contribution >= 4 is 34.3 Å². The maximum Gasteiger partial charge on any atom is 0.129 e. The zero-order valence-corrected chi connectivity index (χ0v) is 16.7. The van der Waals surface area contributed by atoms with Crippen molar-refractivity contribution in [3.8, 4) is 5.75 Å². The third kappa shape index (κ3) is 4.47. The Labute approximate surface area is 174 Å². The zero-order chi connectivity index (χ0) is 20.2. The van der Waals surface area contributed by atoms with Crippen LogP contribution in [0.3, 0.4) is 0 Å².